The lowest BCUT2D eigenvalue weighted by atomic mass is 9.98. The molecule has 3 aromatic rings. The Bertz CT molecular complexity index is 1250. The summed E-state index contributed by atoms with van der Waals surface area (Å²) in [7, 11) is 0. The van der Waals surface area contributed by atoms with E-state index in [2.05, 4.69) is 0 Å². The van der Waals surface area contributed by atoms with Crippen LogP contribution in [0.4, 0.5) is 5.69 Å². The Morgan fingerprint density at radius 2 is 1.94 bits per heavy atom. The van der Waals surface area contributed by atoms with Crippen molar-refractivity contribution in [2.75, 3.05) is 11.5 Å². The Morgan fingerprint density at radius 3 is 2.59 bits per heavy atom. The van der Waals surface area contributed by atoms with E-state index < -0.39 is 17.7 Å². The van der Waals surface area contributed by atoms with Crippen LogP contribution in [-0.4, -0.2) is 23.4 Å². The van der Waals surface area contributed by atoms with Crippen LogP contribution in [0.5, 0.6) is 5.75 Å². The first-order valence-corrected chi connectivity index (χ1v) is 11.4. The Hall–Kier alpha value is -3.09. The van der Waals surface area contributed by atoms with Crippen LogP contribution >= 0.6 is 22.9 Å². The van der Waals surface area contributed by atoms with Crippen LogP contribution in [0.1, 0.15) is 34.5 Å². The normalized spacial score (nSPS) is 17.8. The van der Waals surface area contributed by atoms with Gasteiger partial charge in [0.05, 0.1) is 17.2 Å². The molecule has 0 spiro atoms. The molecule has 1 amide bonds. The fraction of sp³-hybridized carbons (Fsp3) is 0.200. The fourth-order valence-electron chi connectivity index (χ4n) is 3.86. The monoisotopic (exact) mass is 467 g/mol. The van der Waals surface area contributed by atoms with Crippen LogP contribution in [-0.2, 0) is 9.59 Å². The molecule has 0 aliphatic carbocycles. The standard InChI is InChI=1S/C25H22ClNO4S/c1-4-31-19-13-16(8-9-18(19)26)22(28)20-21(24-15(3)10-11-32-24)27(25(30)23(20)29)17-7-5-6-14(2)12-17/h5-13,21,28H,4H2,1-3H3/b22-20-. The maximum Gasteiger partial charge on any atom is 0.300 e. The number of anilines is 1. The number of aliphatic hydroxyl groups is 1. The smallest absolute Gasteiger partial charge is 0.300 e. The van der Waals surface area contributed by atoms with E-state index in [1.165, 1.54) is 16.2 Å². The minimum atomic E-state index is -0.733. The third-order valence-corrected chi connectivity index (χ3v) is 6.76. The lowest BCUT2D eigenvalue weighted by Crippen LogP contribution is -2.29. The molecule has 7 heteroatoms. The molecule has 0 saturated carbocycles. The van der Waals surface area contributed by atoms with Crippen LogP contribution in [0.15, 0.2) is 59.5 Å². The molecule has 1 aliphatic rings. The Labute approximate surface area is 195 Å². The minimum Gasteiger partial charge on any atom is -0.507 e. The summed E-state index contributed by atoms with van der Waals surface area (Å²) in [5.74, 6) is -1.26. The number of benzene rings is 2. The molecule has 32 heavy (non-hydrogen) atoms. The third kappa shape index (κ3) is 3.80. The summed E-state index contributed by atoms with van der Waals surface area (Å²) >= 11 is 7.64. The van der Waals surface area contributed by atoms with Crippen LogP contribution in [0, 0.1) is 13.8 Å². The lowest BCUT2D eigenvalue weighted by Gasteiger charge is -2.25. The van der Waals surface area contributed by atoms with E-state index in [4.69, 9.17) is 16.3 Å². The van der Waals surface area contributed by atoms with Crippen molar-refractivity contribution in [2.45, 2.75) is 26.8 Å². The molecule has 1 aromatic heterocycles. The van der Waals surface area contributed by atoms with Crippen LogP contribution < -0.4 is 9.64 Å². The molecular weight excluding hydrogens is 446 g/mol. The summed E-state index contributed by atoms with van der Waals surface area (Å²) in [5.41, 5.74) is 2.92. The van der Waals surface area contributed by atoms with Gasteiger partial charge in [-0.1, -0.05) is 23.7 Å². The van der Waals surface area contributed by atoms with Gasteiger partial charge in [0.25, 0.3) is 11.7 Å². The molecule has 2 aromatic carbocycles. The molecule has 0 radical (unpaired) electrons. The zero-order valence-corrected chi connectivity index (χ0v) is 19.5. The lowest BCUT2D eigenvalue weighted by molar-refractivity contribution is -0.132. The number of ether oxygens (including phenoxy) is 1. The Kier molecular flexibility index (Phi) is 6.09. The van der Waals surface area contributed by atoms with Crippen molar-refractivity contribution in [3.8, 4) is 5.75 Å². The Balaban J connectivity index is 1.94. The van der Waals surface area contributed by atoms with Crippen molar-refractivity contribution >= 4 is 46.1 Å². The highest BCUT2D eigenvalue weighted by atomic mass is 35.5. The van der Waals surface area contributed by atoms with E-state index in [9.17, 15) is 14.7 Å². The van der Waals surface area contributed by atoms with Crippen molar-refractivity contribution in [2.24, 2.45) is 0 Å². The van der Waals surface area contributed by atoms with Gasteiger partial charge in [-0.3, -0.25) is 14.5 Å². The SMILES string of the molecule is CCOc1cc(/C(O)=C2/C(=O)C(=O)N(c3cccc(C)c3)C2c2sccc2C)ccc1Cl. The number of rotatable bonds is 5. The van der Waals surface area contributed by atoms with E-state index in [-0.39, 0.29) is 11.3 Å². The van der Waals surface area contributed by atoms with Gasteiger partial charge in [0.15, 0.2) is 0 Å². The number of thiophene rings is 1. The van der Waals surface area contributed by atoms with Crippen LogP contribution in [0.3, 0.4) is 0 Å². The van der Waals surface area contributed by atoms with Crippen molar-refractivity contribution in [3.63, 3.8) is 0 Å². The summed E-state index contributed by atoms with van der Waals surface area (Å²) in [6.45, 7) is 6.08. The molecule has 0 bridgehead atoms. The highest BCUT2D eigenvalue weighted by Crippen LogP contribution is 2.45. The summed E-state index contributed by atoms with van der Waals surface area (Å²) < 4.78 is 5.53. The number of carbonyl (C=O) groups is 2. The van der Waals surface area contributed by atoms with Gasteiger partial charge >= 0.3 is 0 Å². The number of Topliss-reactive ketones (excluding diaryl/α,β-unsaturated/α-hetero) is 1. The average Bonchev–Trinajstić information content (AvgIpc) is 3.30. The number of ketones is 1. The van der Waals surface area contributed by atoms with Crippen LogP contribution in [0.2, 0.25) is 5.02 Å². The summed E-state index contributed by atoms with van der Waals surface area (Å²) in [6, 6.07) is 13.4. The second-order valence-electron chi connectivity index (χ2n) is 7.55. The first-order valence-electron chi connectivity index (χ1n) is 10.2. The topological polar surface area (TPSA) is 66.8 Å². The molecule has 4 rings (SSSR count). The fourth-order valence-corrected chi connectivity index (χ4v) is 5.06. The molecule has 1 aliphatic heterocycles. The summed E-state index contributed by atoms with van der Waals surface area (Å²) in [4.78, 5) is 28.7. The summed E-state index contributed by atoms with van der Waals surface area (Å²) in [5, 5.41) is 13.6. The molecule has 164 valence electrons. The second-order valence-corrected chi connectivity index (χ2v) is 8.91. The van der Waals surface area contributed by atoms with Gasteiger partial charge < -0.3 is 9.84 Å². The highest BCUT2D eigenvalue weighted by molar-refractivity contribution is 7.10. The quantitative estimate of drug-likeness (QED) is 0.282. The predicted molar refractivity (Wildman–Crippen MR) is 128 cm³/mol. The van der Waals surface area contributed by atoms with E-state index in [0.29, 0.717) is 28.6 Å². The molecule has 1 unspecified atom stereocenters. The second kappa shape index (κ2) is 8.81. The van der Waals surface area contributed by atoms with Gasteiger partial charge in [-0.2, -0.15) is 0 Å². The molecule has 5 nitrogen and oxygen atoms in total. The number of amides is 1. The molecule has 1 fully saturated rings. The number of aliphatic hydroxyl groups excluding tert-OH is 1. The zero-order valence-electron chi connectivity index (χ0n) is 17.9. The van der Waals surface area contributed by atoms with Crippen molar-refractivity contribution in [1.82, 2.24) is 0 Å². The van der Waals surface area contributed by atoms with Gasteiger partial charge in [-0.15, -0.1) is 11.3 Å². The van der Waals surface area contributed by atoms with Crippen molar-refractivity contribution in [3.05, 3.63) is 86.1 Å². The van der Waals surface area contributed by atoms with E-state index in [1.807, 2.05) is 50.4 Å². The number of carbonyl (C=O) groups excluding carboxylic acids is 2. The number of hydrogen-bond donors (Lipinski definition) is 1. The number of aryl methyl sites for hydroxylation is 2. The number of halogens is 1. The van der Waals surface area contributed by atoms with E-state index in [1.54, 1.807) is 24.3 Å². The molecule has 1 atom stereocenters. The van der Waals surface area contributed by atoms with Crippen LogP contribution in [0.25, 0.3) is 5.76 Å². The third-order valence-electron chi connectivity index (χ3n) is 5.38. The zero-order chi connectivity index (χ0) is 23.0. The maximum atomic E-state index is 13.2. The molecule has 1 saturated heterocycles. The molecular formula is C25H22ClNO4S. The molecule has 1 N–H and O–H groups in total. The first-order chi connectivity index (χ1) is 15.3. The van der Waals surface area contributed by atoms with E-state index in [0.717, 1.165) is 16.0 Å². The number of nitrogens with zero attached hydrogens (tertiary/aromatic N) is 1. The van der Waals surface area contributed by atoms with Gasteiger partial charge in [0.1, 0.15) is 17.6 Å². The van der Waals surface area contributed by atoms with Gasteiger partial charge in [0.2, 0.25) is 0 Å². The molecule has 2 heterocycles. The minimum absolute atomic E-state index is 0.0480. The Morgan fingerprint density at radius 1 is 1.16 bits per heavy atom. The summed E-state index contributed by atoms with van der Waals surface area (Å²) in [6.07, 6.45) is 0. The van der Waals surface area contributed by atoms with Gasteiger partial charge in [-0.05, 0) is 73.7 Å². The highest BCUT2D eigenvalue weighted by Gasteiger charge is 2.48. The average molecular weight is 468 g/mol. The maximum absolute atomic E-state index is 13.2. The van der Waals surface area contributed by atoms with Crippen molar-refractivity contribution in [1.29, 1.82) is 0 Å². The van der Waals surface area contributed by atoms with Gasteiger partial charge in [0, 0.05) is 16.1 Å². The number of hydrogen-bond acceptors (Lipinski definition) is 5. The predicted octanol–water partition coefficient (Wildman–Crippen LogP) is 6.04. The van der Waals surface area contributed by atoms with Gasteiger partial charge in [-0.25, -0.2) is 0 Å². The first kappa shape index (κ1) is 22.1. The largest absolute Gasteiger partial charge is 0.507 e. The van der Waals surface area contributed by atoms with E-state index >= 15 is 0 Å². The van der Waals surface area contributed by atoms with Crippen molar-refractivity contribution < 1.29 is 19.4 Å².